The molecule has 9 atom stereocenters. The molecule has 6 aliphatic rings. The lowest BCUT2D eigenvalue weighted by atomic mass is 9.31. The summed E-state index contributed by atoms with van der Waals surface area (Å²) in [6, 6.07) is 0. The van der Waals surface area contributed by atoms with Crippen LogP contribution in [0.5, 0.6) is 0 Å². The smallest absolute Gasteiger partial charge is 0.312 e. The average molecular weight is 470 g/mol. The van der Waals surface area contributed by atoms with Crippen LogP contribution in [-0.4, -0.2) is 23.0 Å². The van der Waals surface area contributed by atoms with E-state index >= 15 is 0 Å². The van der Waals surface area contributed by atoms with Gasteiger partial charge in [0.05, 0.1) is 11.1 Å². The molecule has 0 spiro atoms. The third-order valence-corrected chi connectivity index (χ3v) is 14.0. The summed E-state index contributed by atoms with van der Waals surface area (Å²) in [6.07, 6.45) is 11.5. The predicted molar refractivity (Wildman–Crippen MR) is 134 cm³/mol. The predicted octanol–water partition coefficient (Wildman–Crippen LogP) is 7.23. The van der Waals surface area contributed by atoms with Crippen molar-refractivity contribution >= 4 is 11.7 Å². The van der Waals surface area contributed by atoms with E-state index in [0.717, 1.165) is 37.8 Å². The normalized spacial score (nSPS) is 56.0. The van der Waals surface area contributed by atoms with Crippen LogP contribution in [0.2, 0.25) is 0 Å². The fourth-order valence-corrected chi connectivity index (χ4v) is 11.8. The third kappa shape index (κ3) is 2.43. The molecule has 2 bridgehead atoms. The summed E-state index contributed by atoms with van der Waals surface area (Å²) >= 11 is 0. The van der Waals surface area contributed by atoms with E-state index in [-0.39, 0.29) is 44.6 Å². The average Bonchev–Trinajstić information content (AvgIpc) is 3.01. The van der Waals surface area contributed by atoms with Crippen LogP contribution in [0.1, 0.15) is 113 Å². The standard InChI is InChI=1S/C30H47NO3/c1-25(2)14-16-30-17-15-28(6)18(22(30)23(25)34-24(30)32)8-9-20-27(5)12-11-21(31-33)26(3,4)19(27)10-13-29(20,28)7/h18-20,22-23,33H,8-17H2,1-7H3/b31-21-/t18-,19-,20-,22-,23+,27+,28-,29-,30+/m1/s1. The van der Waals surface area contributed by atoms with E-state index in [0.29, 0.717) is 23.7 Å². The molecule has 190 valence electrons. The highest BCUT2D eigenvalue weighted by Crippen LogP contribution is 2.78. The Hall–Kier alpha value is -1.06. The molecule has 1 N–H and O–H groups in total. The van der Waals surface area contributed by atoms with Crippen molar-refractivity contribution in [3.05, 3.63) is 0 Å². The van der Waals surface area contributed by atoms with Gasteiger partial charge in [-0.05, 0) is 98.2 Å². The highest BCUT2D eigenvalue weighted by Gasteiger charge is 2.75. The van der Waals surface area contributed by atoms with Crippen molar-refractivity contribution in [3.63, 3.8) is 0 Å². The van der Waals surface area contributed by atoms with Crippen molar-refractivity contribution in [3.8, 4) is 0 Å². The Balaban J connectivity index is 1.41. The van der Waals surface area contributed by atoms with E-state index in [2.05, 4.69) is 53.6 Å². The zero-order valence-electron chi connectivity index (χ0n) is 22.7. The number of ether oxygens (including phenoxy) is 1. The van der Waals surface area contributed by atoms with E-state index < -0.39 is 0 Å². The fraction of sp³-hybridized carbons (Fsp3) is 0.933. The molecule has 0 radical (unpaired) electrons. The van der Waals surface area contributed by atoms with Gasteiger partial charge in [0.15, 0.2) is 0 Å². The van der Waals surface area contributed by atoms with E-state index in [9.17, 15) is 10.0 Å². The molecule has 4 heteroatoms. The Kier molecular flexibility index (Phi) is 4.55. The lowest BCUT2D eigenvalue weighted by Gasteiger charge is -2.72. The van der Waals surface area contributed by atoms with Gasteiger partial charge in [0.1, 0.15) is 6.10 Å². The van der Waals surface area contributed by atoms with Gasteiger partial charge in [0.25, 0.3) is 0 Å². The van der Waals surface area contributed by atoms with Gasteiger partial charge in [-0.2, -0.15) is 0 Å². The highest BCUT2D eigenvalue weighted by molar-refractivity contribution is 5.90. The number of hydrogen-bond donors (Lipinski definition) is 1. The van der Waals surface area contributed by atoms with E-state index in [4.69, 9.17) is 4.74 Å². The molecule has 1 aliphatic heterocycles. The van der Waals surface area contributed by atoms with Crippen molar-refractivity contribution < 1.29 is 14.7 Å². The maximum Gasteiger partial charge on any atom is 0.312 e. The lowest BCUT2D eigenvalue weighted by molar-refractivity contribution is -0.235. The molecule has 0 aromatic carbocycles. The Morgan fingerprint density at radius 1 is 0.824 bits per heavy atom. The van der Waals surface area contributed by atoms with Gasteiger partial charge in [0, 0.05) is 16.7 Å². The zero-order chi connectivity index (χ0) is 24.5. The molecular weight excluding hydrogens is 422 g/mol. The number of carbonyl (C=O) groups is 1. The minimum Gasteiger partial charge on any atom is -0.461 e. The molecule has 6 rings (SSSR count). The Bertz CT molecular complexity index is 953. The van der Waals surface area contributed by atoms with Gasteiger partial charge >= 0.3 is 5.97 Å². The number of nitrogens with zero attached hydrogens (tertiary/aromatic N) is 1. The van der Waals surface area contributed by atoms with Crippen molar-refractivity contribution in [2.24, 2.45) is 61.3 Å². The molecule has 6 fully saturated rings. The monoisotopic (exact) mass is 469 g/mol. The van der Waals surface area contributed by atoms with Crippen LogP contribution >= 0.6 is 0 Å². The largest absolute Gasteiger partial charge is 0.461 e. The maximum atomic E-state index is 13.4. The van der Waals surface area contributed by atoms with Gasteiger partial charge in [-0.25, -0.2) is 0 Å². The zero-order valence-corrected chi connectivity index (χ0v) is 22.7. The molecule has 5 saturated carbocycles. The van der Waals surface area contributed by atoms with Gasteiger partial charge < -0.3 is 9.94 Å². The molecule has 0 unspecified atom stereocenters. The van der Waals surface area contributed by atoms with Gasteiger partial charge in [0.2, 0.25) is 0 Å². The Morgan fingerprint density at radius 2 is 1.53 bits per heavy atom. The second-order valence-electron chi connectivity index (χ2n) is 15.4. The summed E-state index contributed by atoms with van der Waals surface area (Å²) in [5.41, 5.74) is 1.69. The molecule has 4 nitrogen and oxygen atoms in total. The summed E-state index contributed by atoms with van der Waals surface area (Å²) in [7, 11) is 0. The lowest BCUT2D eigenvalue weighted by Crippen LogP contribution is -2.67. The minimum atomic E-state index is -0.200. The molecule has 0 aromatic rings. The second kappa shape index (κ2) is 6.62. The number of rotatable bonds is 0. The fourth-order valence-electron chi connectivity index (χ4n) is 11.8. The van der Waals surface area contributed by atoms with Gasteiger partial charge in [-0.3, -0.25) is 4.79 Å². The summed E-state index contributed by atoms with van der Waals surface area (Å²) in [5, 5.41) is 13.5. The van der Waals surface area contributed by atoms with Gasteiger partial charge in [-0.1, -0.05) is 53.6 Å². The number of esters is 1. The van der Waals surface area contributed by atoms with Crippen molar-refractivity contribution in [1.29, 1.82) is 0 Å². The SMILES string of the molecule is CC1(C)CC[C@]23CC[C@]4(C)[C@H](CC[C@@H]5[C@@]6(C)CC/C(=N/O)C(C)(C)[C@H]6CC[C@]54C)[C@@H]2[C@@H]1OC3=O. The number of oxime groups is 1. The highest BCUT2D eigenvalue weighted by atomic mass is 16.6. The summed E-state index contributed by atoms with van der Waals surface area (Å²) < 4.78 is 6.28. The minimum absolute atomic E-state index is 0.0375. The summed E-state index contributed by atoms with van der Waals surface area (Å²) in [4.78, 5) is 13.4. The van der Waals surface area contributed by atoms with Crippen LogP contribution in [0.4, 0.5) is 0 Å². The first kappa shape index (κ1) is 23.3. The number of hydrogen-bond acceptors (Lipinski definition) is 4. The summed E-state index contributed by atoms with van der Waals surface area (Å²) in [5.74, 6) is 2.40. The molecular formula is C30H47NO3. The molecule has 1 saturated heterocycles. The topological polar surface area (TPSA) is 58.9 Å². The van der Waals surface area contributed by atoms with Crippen molar-refractivity contribution in [2.75, 3.05) is 0 Å². The maximum absolute atomic E-state index is 13.4. The van der Waals surface area contributed by atoms with Crippen LogP contribution in [0.3, 0.4) is 0 Å². The first-order chi connectivity index (χ1) is 15.8. The molecule has 34 heavy (non-hydrogen) atoms. The molecule has 1 heterocycles. The van der Waals surface area contributed by atoms with Gasteiger partial charge in [-0.15, -0.1) is 0 Å². The van der Waals surface area contributed by atoms with E-state index in [1.54, 1.807) is 0 Å². The van der Waals surface area contributed by atoms with E-state index in [1.165, 1.54) is 32.1 Å². The van der Waals surface area contributed by atoms with Crippen LogP contribution in [-0.2, 0) is 9.53 Å². The summed E-state index contributed by atoms with van der Waals surface area (Å²) in [6.45, 7) is 17.2. The Morgan fingerprint density at radius 3 is 2.24 bits per heavy atom. The molecule has 0 aromatic heterocycles. The number of carbonyl (C=O) groups excluding carboxylic acids is 1. The third-order valence-electron chi connectivity index (χ3n) is 14.0. The second-order valence-corrected chi connectivity index (χ2v) is 15.4. The first-order valence-electron chi connectivity index (χ1n) is 14.2. The Labute approximate surface area is 206 Å². The first-order valence-corrected chi connectivity index (χ1v) is 14.2. The molecule has 5 aliphatic carbocycles. The van der Waals surface area contributed by atoms with E-state index in [1.807, 2.05) is 0 Å². The molecule has 0 amide bonds. The van der Waals surface area contributed by atoms with Crippen LogP contribution < -0.4 is 0 Å². The van der Waals surface area contributed by atoms with Crippen LogP contribution in [0.15, 0.2) is 5.16 Å². The number of fused-ring (bicyclic) bond motifs is 5. The quantitative estimate of drug-likeness (QED) is 0.231. The van der Waals surface area contributed by atoms with Crippen molar-refractivity contribution in [2.45, 2.75) is 119 Å². The van der Waals surface area contributed by atoms with Crippen LogP contribution in [0, 0.1) is 56.2 Å². The van der Waals surface area contributed by atoms with Crippen LogP contribution in [0.25, 0.3) is 0 Å². The van der Waals surface area contributed by atoms with Crippen molar-refractivity contribution in [1.82, 2.24) is 0 Å².